The van der Waals surface area contributed by atoms with Crippen molar-refractivity contribution < 1.29 is 14.3 Å². The van der Waals surface area contributed by atoms with Gasteiger partial charge >= 0.3 is 0 Å². The van der Waals surface area contributed by atoms with Crippen LogP contribution in [0.4, 0.5) is 4.39 Å². The van der Waals surface area contributed by atoms with Crippen molar-refractivity contribution in [2.75, 3.05) is 6.61 Å². The lowest BCUT2D eigenvalue weighted by atomic mass is 10.0. The fraction of sp³-hybridized carbons (Fsp3) is 0.235. The molecule has 116 valence electrons. The number of nitrogens with one attached hydrogen (secondary N) is 1. The van der Waals surface area contributed by atoms with E-state index in [9.17, 15) is 9.18 Å². The van der Waals surface area contributed by atoms with Crippen LogP contribution in [0.15, 0.2) is 48.5 Å². The van der Waals surface area contributed by atoms with Crippen molar-refractivity contribution in [1.29, 1.82) is 0 Å². The molecular formula is C17H17ClFNO2. The van der Waals surface area contributed by atoms with Crippen molar-refractivity contribution in [3.63, 3.8) is 0 Å². The second-order valence-corrected chi connectivity index (χ2v) is 5.36. The van der Waals surface area contributed by atoms with E-state index in [4.69, 9.17) is 16.7 Å². The number of benzene rings is 2. The van der Waals surface area contributed by atoms with Gasteiger partial charge in [-0.2, -0.15) is 0 Å². The number of rotatable bonds is 6. The van der Waals surface area contributed by atoms with Crippen LogP contribution >= 0.6 is 11.6 Å². The minimum Gasteiger partial charge on any atom is -0.396 e. The summed E-state index contributed by atoms with van der Waals surface area (Å²) >= 11 is 5.69. The molecule has 0 aliphatic heterocycles. The van der Waals surface area contributed by atoms with Gasteiger partial charge in [-0.25, -0.2) is 4.39 Å². The van der Waals surface area contributed by atoms with Crippen LogP contribution in [-0.2, 0) is 0 Å². The highest BCUT2D eigenvalue weighted by Crippen LogP contribution is 2.20. The normalized spacial score (nSPS) is 12.0. The Kier molecular flexibility index (Phi) is 5.92. The summed E-state index contributed by atoms with van der Waals surface area (Å²) in [5.74, 6) is -1.15. The third-order valence-corrected chi connectivity index (χ3v) is 3.57. The van der Waals surface area contributed by atoms with Crippen molar-refractivity contribution in [1.82, 2.24) is 5.32 Å². The molecule has 0 saturated heterocycles. The lowest BCUT2D eigenvalue weighted by Crippen LogP contribution is -2.29. The summed E-state index contributed by atoms with van der Waals surface area (Å²) in [6.07, 6.45) is 1.12. The maximum absolute atomic E-state index is 13.8. The van der Waals surface area contributed by atoms with Gasteiger partial charge in [-0.1, -0.05) is 41.9 Å². The van der Waals surface area contributed by atoms with Crippen LogP contribution in [0.2, 0.25) is 5.02 Å². The molecule has 2 N–H and O–H groups in total. The molecule has 0 saturated carbocycles. The van der Waals surface area contributed by atoms with E-state index in [1.165, 1.54) is 12.1 Å². The highest BCUT2D eigenvalue weighted by atomic mass is 35.5. The molecule has 0 spiro atoms. The molecule has 0 radical (unpaired) electrons. The van der Waals surface area contributed by atoms with E-state index in [2.05, 4.69) is 5.32 Å². The average molecular weight is 322 g/mol. The monoisotopic (exact) mass is 321 g/mol. The summed E-state index contributed by atoms with van der Waals surface area (Å²) in [6, 6.07) is 13.1. The fourth-order valence-corrected chi connectivity index (χ4v) is 2.37. The van der Waals surface area contributed by atoms with E-state index < -0.39 is 11.7 Å². The second-order valence-electron chi connectivity index (χ2n) is 4.93. The lowest BCUT2D eigenvalue weighted by Gasteiger charge is -2.19. The minimum atomic E-state index is -0.654. The fourth-order valence-electron chi connectivity index (χ4n) is 2.21. The molecule has 3 nitrogen and oxygen atoms in total. The third-order valence-electron chi connectivity index (χ3n) is 3.33. The van der Waals surface area contributed by atoms with Gasteiger partial charge in [-0.3, -0.25) is 4.79 Å². The number of carbonyl (C=O) groups is 1. The van der Waals surface area contributed by atoms with Gasteiger partial charge in [0, 0.05) is 11.6 Å². The SMILES string of the molecule is O=C(NC(CCCO)c1ccccc1)c1ccc(Cl)cc1F. The summed E-state index contributed by atoms with van der Waals surface area (Å²) in [5.41, 5.74) is 0.869. The molecule has 0 bridgehead atoms. The first-order chi connectivity index (χ1) is 10.6. The molecule has 0 aliphatic carbocycles. The van der Waals surface area contributed by atoms with Crippen molar-refractivity contribution in [2.45, 2.75) is 18.9 Å². The number of hydrogen-bond donors (Lipinski definition) is 2. The first kappa shape index (κ1) is 16.5. The van der Waals surface area contributed by atoms with Crippen molar-refractivity contribution in [3.05, 3.63) is 70.5 Å². The number of aliphatic hydroxyl groups excluding tert-OH is 1. The highest BCUT2D eigenvalue weighted by Gasteiger charge is 2.18. The Bertz CT molecular complexity index is 634. The number of amides is 1. The average Bonchev–Trinajstić information content (AvgIpc) is 2.52. The topological polar surface area (TPSA) is 49.3 Å². The van der Waals surface area contributed by atoms with Crippen LogP contribution in [0.3, 0.4) is 0 Å². The molecule has 0 aromatic heterocycles. The lowest BCUT2D eigenvalue weighted by molar-refractivity contribution is 0.0928. The van der Waals surface area contributed by atoms with Gasteiger partial charge in [0.2, 0.25) is 0 Å². The maximum atomic E-state index is 13.8. The van der Waals surface area contributed by atoms with Crippen molar-refractivity contribution in [3.8, 4) is 0 Å². The highest BCUT2D eigenvalue weighted by molar-refractivity contribution is 6.30. The predicted molar refractivity (Wildman–Crippen MR) is 84.4 cm³/mol. The van der Waals surface area contributed by atoms with Crippen LogP contribution in [0.1, 0.15) is 34.8 Å². The Morgan fingerprint density at radius 1 is 1.23 bits per heavy atom. The van der Waals surface area contributed by atoms with Gasteiger partial charge in [0.05, 0.1) is 11.6 Å². The number of carbonyl (C=O) groups excluding carboxylic acids is 1. The zero-order valence-corrected chi connectivity index (χ0v) is 12.7. The van der Waals surface area contributed by atoms with Gasteiger partial charge in [-0.05, 0) is 36.6 Å². The smallest absolute Gasteiger partial charge is 0.254 e. The molecular weight excluding hydrogens is 305 g/mol. The van der Waals surface area contributed by atoms with Gasteiger partial charge in [0.15, 0.2) is 0 Å². The van der Waals surface area contributed by atoms with Crippen LogP contribution in [0.25, 0.3) is 0 Å². The van der Waals surface area contributed by atoms with Crippen LogP contribution in [0.5, 0.6) is 0 Å². The van der Waals surface area contributed by atoms with E-state index in [1.807, 2.05) is 30.3 Å². The zero-order chi connectivity index (χ0) is 15.9. The molecule has 22 heavy (non-hydrogen) atoms. The Morgan fingerprint density at radius 3 is 2.59 bits per heavy atom. The third kappa shape index (κ3) is 4.29. The Morgan fingerprint density at radius 2 is 1.95 bits per heavy atom. The Balaban J connectivity index is 2.17. The summed E-state index contributed by atoms with van der Waals surface area (Å²) in [4.78, 5) is 12.3. The first-order valence-electron chi connectivity index (χ1n) is 7.03. The van der Waals surface area contributed by atoms with E-state index in [0.29, 0.717) is 12.8 Å². The predicted octanol–water partition coefficient (Wildman–Crippen LogP) is 3.72. The molecule has 2 aromatic rings. The number of halogens is 2. The molecule has 1 amide bonds. The quantitative estimate of drug-likeness (QED) is 0.852. The molecule has 1 unspecified atom stereocenters. The molecule has 5 heteroatoms. The Hall–Kier alpha value is -1.91. The Labute approximate surface area is 133 Å². The molecule has 2 rings (SSSR count). The van der Waals surface area contributed by atoms with Crippen LogP contribution in [-0.4, -0.2) is 17.6 Å². The summed E-state index contributed by atoms with van der Waals surface area (Å²) in [6.45, 7) is 0.0362. The zero-order valence-electron chi connectivity index (χ0n) is 11.9. The summed E-state index contributed by atoms with van der Waals surface area (Å²) in [5, 5.41) is 12.1. The first-order valence-corrected chi connectivity index (χ1v) is 7.41. The van der Waals surface area contributed by atoms with E-state index in [0.717, 1.165) is 11.6 Å². The summed E-state index contributed by atoms with van der Waals surface area (Å²) < 4.78 is 13.8. The van der Waals surface area contributed by atoms with Crippen LogP contribution in [0, 0.1) is 5.82 Å². The van der Waals surface area contributed by atoms with Gasteiger partial charge in [-0.15, -0.1) is 0 Å². The van der Waals surface area contributed by atoms with Gasteiger partial charge in [0.25, 0.3) is 5.91 Å². The van der Waals surface area contributed by atoms with E-state index >= 15 is 0 Å². The number of aliphatic hydroxyl groups is 1. The van der Waals surface area contributed by atoms with Gasteiger partial charge < -0.3 is 10.4 Å². The molecule has 0 heterocycles. The second kappa shape index (κ2) is 7.92. The molecule has 0 fully saturated rings. The van der Waals surface area contributed by atoms with Crippen LogP contribution < -0.4 is 5.32 Å². The standard InChI is InChI=1S/C17H17ClFNO2/c18-13-8-9-14(15(19)11-13)17(22)20-16(7-4-10-21)12-5-2-1-3-6-12/h1-3,5-6,8-9,11,16,21H,4,7,10H2,(H,20,22). The largest absolute Gasteiger partial charge is 0.396 e. The van der Waals surface area contributed by atoms with E-state index in [1.54, 1.807) is 0 Å². The molecule has 1 atom stereocenters. The van der Waals surface area contributed by atoms with Crippen molar-refractivity contribution >= 4 is 17.5 Å². The molecule has 2 aromatic carbocycles. The maximum Gasteiger partial charge on any atom is 0.254 e. The number of hydrogen-bond acceptors (Lipinski definition) is 2. The summed E-state index contributed by atoms with van der Waals surface area (Å²) in [7, 11) is 0. The van der Waals surface area contributed by atoms with E-state index in [-0.39, 0.29) is 23.2 Å². The van der Waals surface area contributed by atoms with Gasteiger partial charge in [0.1, 0.15) is 5.82 Å². The minimum absolute atomic E-state index is 0.0362. The van der Waals surface area contributed by atoms with Crippen molar-refractivity contribution in [2.24, 2.45) is 0 Å². The molecule has 0 aliphatic rings.